The highest BCUT2D eigenvalue weighted by molar-refractivity contribution is 5.99. The van der Waals surface area contributed by atoms with Gasteiger partial charge in [0.2, 0.25) is 5.91 Å². The molecule has 0 aromatic heterocycles. The number of amides is 1. The van der Waals surface area contributed by atoms with E-state index in [1.54, 1.807) is 6.08 Å². The fraction of sp³-hybridized carbons (Fsp3) is 0.0833. The van der Waals surface area contributed by atoms with Crippen LogP contribution in [-0.2, 0) is 4.79 Å². The molecule has 0 heterocycles. The highest BCUT2D eigenvalue weighted by Crippen LogP contribution is 2.04. The second-order valence-corrected chi connectivity index (χ2v) is 2.74. The Kier molecular flexibility index (Phi) is 4.21. The molecule has 0 aliphatic rings. The first-order valence-corrected chi connectivity index (χ1v) is 4.48. The standard InChI is InChI=1S/C12H13NO/c1-2-3-5-10-12(14)13-11-8-6-4-7-9-11/h2-10H,1H3,(H,13,14)/b3-2+,10-5+. The van der Waals surface area contributed by atoms with E-state index < -0.39 is 0 Å². The van der Waals surface area contributed by atoms with Gasteiger partial charge in [-0.3, -0.25) is 4.79 Å². The molecule has 1 aromatic rings. The molecule has 0 atom stereocenters. The minimum absolute atomic E-state index is 0.116. The summed E-state index contributed by atoms with van der Waals surface area (Å²) in [5.74, 6) is -0.116. The second kappa shape index (κ2) is 5.75. The van der Waals surface area contributed by atoms with Crippen molar-refractivity contribution in [3.05, 3.63) is 54.6 Å². The Balaban J connectivity index is 2.50. The molecule has 1 amide bonds. The Hall–Kier alpha value is -1.83. The van der Waals surface area contributed by atoms with E-state index in [0.717, 1.165) is 5.69 Å². The van der Waals surface area contributed by atoms with Gasteiger partial charge in [0.05, 0.1) is 0 Å². The number of allylic oxidation sites excluding steroid dienone is 3. The van der Waals surface area contributed by atoms with Crippen LogP contribution in [0.25, 0.3) is 0 Å². The summed E-state index contributed by atoms with van der Waals surface area (Å²) in [7, 11) is 0. The molecule has 14 heavy (non-hydrogen) atoms. The van der Waals surface area contributed by atoms with E-state index in [4.69, 9.17) is 0 Å². The normalized spacial score (nSPS) is 10.9. The van der Waals surface area contributed by atoms with Crippen LogP contribution in [0.4, 0.5) is 5.69 Å². The lowest BCUT2D eigenvalue weighted by atomic mass is 10.3. The van der Waals surface area contributed by atoms with Crippen LogP contribution in [0.15, 0.2) is 54.6 Å². The molecule has 0 radical (unpaired) electrons. The zero-order valence-electron chi connectivity index (χ0n) is 8.10. The smallest absolute Gasteiger partial charge is 0.248 e. The maximum Gasteiger partial charge on any atom is 0.248 e. The lowest BCUT2D eigenvalue weighted by molar-refractivity contribution is -0.111. The molecule has 72 valence electrons. The van der Waals surface area contributed by atoms with Gasteiger partial charge in [0.1, 0.15) is 0 Å². The minimum atomic E-state index is -0.116. The molecule has 0 saturated carbocycles. The van der Waals surface area contributed by atoms with Crippen LogP contribution in [0.2, 0.25) is 0 Å². The Morgan fingerprint density at radius 2 is 1.93 bits per heavy atom. The van der Waals surface area contributed by atoms with Crippen LogP contribution < -0.4 is 5.32 Å². The Morgan fingerprint density at radius 3 is 2.57 bits per heavy atom. The highest BCUT2D eigenvalue weighted by Gasteiger charge is 1.94. The Labute approximate surface area is 84.0 Å². The molecule has 0 bridgehead atoms. The average Bonchev–Trinajstić information content (AvgIpc) is 2.20. The molecule has 1 aromatic carbocycles. The first kappa shape index (κ1) is 10.3. The van der Waals surface area contributed by atoms with E-state index in [-0.39, 0.29) is 5.91 Å². The van der Waals surface area contributed by atoms with Crippen LogP contribution >= 0.6 is 0 Å². The third-order valence-corrected chi connectivity index (χ3v) is 1.59. The molecular formula is C12H13NO. The Morgan fingerprint density at radius 1 is 1.21 bits per heavy atom. The molecule has 0 spiro atoms. The molecule has 0 saturated heterocycles. The van der Waals surface area contributed by atoms with Crippen molar-refractivity contribution in [1.82, 2.24) is 0 Å². The van der Waals surface area contributed by atoms with Crippen LogP contribution in [-0.4, -0.2) is 5.91 Å². The van der Waals surface area contributed by atoms with Crippen molar-refractivity contribution in [3.8, 4) is 0 Å². The van der Waals surface area contributed by atoms with E-state index >= 15 is 0 Å². The van der Waals surface area contributed by atoms with Gasteiger partial charge in [-0.05, 0) is 19.1 Å². The SMILES string of the molecule is C/C=C/C=C/C(=O)Nc1ccccc1. The molecule has 1 N–H and O–H groups in total. The van der Waals surface area contributed by atoms with Crippen LogP contribution in [0.1, 0.15) is 6.92 Å². The molecule has 0 unspecified atom stereocenters. The third-order valence-electron chi connectivity index (χ3n) is 1.59. The number of hydrogen-bond donors (Lipinski definition) is 1. The third kappa shape index (κ3) is 3.72. The van der Waals surface area contributed by atoms with E-state index in [1.165, 1.54) is 6.08 Å². The number of carbonyl (C=O) groups is 1. The van der Waals surface area contributed by atoms with Crippen LogP contribution in [0.5, 0.6) is 0 Å². The number of hydrogen-bond acceptors (Lipinski definition) is 1. The molecule has 0 fully saturated rings. The highest BCUT2D eigenvalue weighted by atomic mass is 16.1. The van der Waals surface area contributed by atoms with Gasteiger partial charge >= 0.3 is 0 Å². The van der Waals surface area contributed by atoms with Gasteiger partial charge in [-0.2, -0.15) is 0 Å². The molecule has 0 aliphatic carbocycles. The van der Waals surface area contributed by atoms with Gasteiger partial charge < -0.3 is 5.32 Å². The topological polar surface area (TPSA) is 29.1 Å². The first-order valence-electron chi connectivity index (χ1n) is 4.48. The summed E-state index contributed by atoms with van der Waals surface area (Å²) in [6.07, 6.45) is 6.88. The van der Waals surface area contributed by atoms with Gasteiger partial charge in [-0.1, -0.05) is 36.4 Å². The minimum Gasteiger partial charge on any atom is -0.323 e. The summed E-state index contributed by atoms with van der Waals surface area (Å²) >= 11 is 0. The van der Waals surface area contributed by atoms with Crippen molar-refractivity contribution in [1.29, 1.82) is 0 Å². The number of carbonyl (C=O) groups excluding carboxylic acids is 1. The maximum absolute atomic E-state index is 11.3. The number of benzene rings is 1. The molecule has 2 nitrogen and oxygen atoms in total. The van der Waals surface area contributed by atoms with Gasteiger partial charge in [-0.25, -0.2) is 0 Å². The zero-order valence-corrected chi connectivity index (χ0v) is 8.10. The fourth-order valence-electron chi connectivity index (χ4n) is 0.959. The lowest BCUT2D eigenvalue weighted by Gasteiger charge is -1.99. The number of nitrogens with one attached hydrogen (secondary N) is 1. The van der Waals surface area contributed by atoms with Crippen molar-refractivity contribution >= 4 is 11.6 Å². The van der Waals surface area contributed by atoms with Gasteiger partial charge in [0.25, 0.3) is 0 Å². The molecule has 1 rings (SSSR count). The summed E-state index contributed by atoms with van der Waals surface area (Å²) in [5, 5.41) is 2.74. The number of anilines is 1. The predicted molar refractivity (Wildman–Crippen MR) is 59.0 cm³/mol. The van der Waals surface area contributed by atoms with Crippen molar-refractivity contribution in [2.24, 2.45) is 0 Å². The predicted octanol–water partition coefficient (Wildman–Crippen LogP) is 2.76. The molecular weight excluding hydrogens is 174 g/mol. The fourth-order valence-corrected chi connectivity index (χ4v) is 0.959. The van der Waals surface area contributed by atoms with Crippen molar-refractivity contribution in [2.45, 2.75) is 6.92 Å². The largest absolute Gasteiger partial charge is 0.323 e. The van der Waals surface area contributed by atoms with Gasteiger partial charge in [0, 0.05) is 11.8 Å². The summed E-state index contributed by atoms with van der Waals surface area (Å²) in [6, 6.07) is 9.37. The van der Waals surface area contributed by atoms with Gasteiger partial charge in [0.15, 0.2) is 0 Å². The van der Waals surface area contributed by atoms with Gasteiger partial charge in [-0.15, -0.1) is 0 Å². The molecule has 0 aliphatic heterocycles. The summed E-state index contributed by atoms with van der Waals surface area (Å²) < 4.78 is 0. The molecule has 2 heteroatoms. The van der Waals surface area contributed by atoms with Crippen LogP contribution in [0.3, 0.4) is 0 Å². The van der Waals surface area contributed by atoms with Crippen molar-refractivity contribution in [2.75, 3.05) is 5.32 Å². The van der Waals surface area contributed by atoms with Crippen molar-refractivity contribution in [3.63, 3.8) is 0 Å². The zero-order chi connectivity index (χ0) is 10.2. The van der Waals surface area contributed by atoms with E-state index in [9.17, 15) is 4.79 Å². The van der Waals surface area contributed by atoms with Crippen LogP contribution in [0, 0.1) is 0 Å². The monoisotopic (exact) mass is 187 g/mol. The van der Waals surface area contributed by atoms with E-state index in [0.29, 0.717) is 0 Å². The number of para-hydroxylation sites is 1. The average molecular weight is 187 g/mol. The van der Waals surface area contributed by atoms with E-state index in [1.807, 2.05) is 49.4 Å². The number of rotatable bonds is 3. The lowest BCUT2D eigenvalue weighted by Crippen LogP contribution is -2.07. The Bertz CT molecular complexity index is 339. The first-order chi connectivity index (χ1) is 6.83. The summed E-state index contributed by atoms with van der Waals surface area (Å²) in [5.41, 5.74) is 0.808. The quantitative estimate of drug-likeness (QED) is 0.572. The van der Waals surface area contributed by atoms with Crippen molar-refractivity contribution < 1.29 is 4.79 Å². The summed E-state index contributed by atoms with van der Waals surface area (Å²) in [4.78, 5) is 11.3. The maximum atomic E-state index is 11.3. The van der Waals surface area contributed by atoms with E-state index in [2.05, 4.69) is 5.32 Å². The second-order valence-electron chi connectivity index (χ2n) is 2.74. The summed E-state index contributed by atoms with van der Waals surface area (Å²) in [6.45, 7) is 1.90.